The molecule has 1 aromatic carbocycles. The molecule has 0 aliphatic carbocycles. The molecule has 4 heteroatoms. The minimum absolute atomic E-state index is 0.0537. The Bertz CT molecular complexity index is 527. The summed E-state index contributed by atoms with van der Waals surface area (Å²) in [6, 6.07) is 7.59. The van der Waals surface area contributed by atoms with Crippen LogP contribution in [0.5, 0.6) is 0 Å². The van der Waals surface area contributed by atoms with Crippen molar-refractivity contribution in [2.75, 3.05) is 0 Å². The second kappa shape index (κ2) is 3.95. The molecule has 15 heavy (non-hydrogen) atoms. The smallest absolute Gasteiger partial charge is 0.266 e. The van der Waals surface area contributed by atoms with Crippen molar-refractivity contribution in [3.05, 3.63) is 57.0 Å². The van der Waals surface area contributed by atoms with Gasteiger partial charge in [0.25, 0.3) is 5.56 Å². The van der Waals surface area contributed by atoms with E-state index in [-0.39, 0.29) is 5.56 Å². The molecule has 2 rings (SSSR count). The van der Waals surface area contributed by atoms with E-state index in [9.17, 15) is 4.79 Å². The van der Waals surface area contributed by atoms with Gasteiger partial charge >= 0.3 is 0 Å². The average Bonchev–Trinajstić information content (AvgIpc) is 2.50. The van der Waals surface area contributed by atoms with Crippen molar-refractivity contribution >= 4 is 11.6 Å². The summed E-state index contributed by atoms with van der Waals surface area (Å²) in [5, 5.41) is 3.44. The molecule has 1 aromatic heterocycles. The van der Waals surface area contributed by atoms with Crippen LogP contribution in [0.4, 0.5) is 0 Å². The van der Waals surface area contributed by atoms with Crippen molar-refractivity contribution in [3.8, 4) is 0 Å². The highest BCUT2D eigenvalue weighted by molar-refractivity contribution is 6.31. The molecule has 1 N–H and O–H groups in total. The van der Waals surface area contributed by atoms with Gasteiger partial charge < -0.3 is 0 Å². The maximum Gasteiger partial charge on any atom is 0.266 e. The summed E-state index contributed by atoms with van der Waals surface area (Å²) in [7, 11) is 0. The monoisotopic (exact) mass is 222 g/mol. The van der Waals surface area contributed by atoms with Crippen LogP contribution < -0.4 is 5.56 Å². The Balaban J connectivity index is 2.30. The third kappa shape index (κ3) is 2.13. The standard InChI is InChI=1S/C11H11ClN2O/c1-8-6-14(13-11(8)15)7-9-4-2-3-5-10(9)12/h2-6H,7H2,1H3,(H,13,15). The van der Waals surface area contributed by atoms with Crippen molar-refractivity contribution in [3.63, 3.8) is 0 Å². The molecule has 0 saturated heterocycles. The van der Waals surface area contributed by atoms with Gasteiger partial charge in [-0.05, 0) is 18.6 Å². The van der Waals surface area contributed by atoms with E-state index in [1.165, 1.54) is 0 Å². The third-order valence-electron chi connectivity index (χ3n) is 2.25. The first kappa shape index (κ1) is 10.1. The Morgan fingerprint density at radius 3 is 2.73 bits per heavy atom. The summed E-state index contributed by atoms with van der Waals surface area (Å²) < 4.78 is 1.74. The lowest BCUT2D eigenvalue weighted by Gasteiger charge is -2.04. The molecule has 3 nitrogen and oxygen atoms in total. The molecule has 0 radical (unpaired) electrons. The SMILES string of the molecule is Cc1cn(Cc2ccccc2Cl)[nH]c1=O. The Morgan fingerprint density at radius 1 is 1.40 bits per heavy atom. The summed E-state index contributed by atoms with van der Waals surface area (Å²) in [4.78, 5) is 11.2. The first-order valence-electron chi connectivity index (χ1n) is 4.66. The van der Waals surface area contributed by atoms with Gasteiger partial charge in [-0.15, -0.1) is 0 Å². The maximum atomic E-state index is 11.2. The van der Waals surface area contributed by atoms with Gasteiger partial charge in [0.15, 0.2) is 0 Å². The van der Waals surface area contributed by atoms with Crippen molar-refractivity contribution in [2.24, 2.45) is 0 Å². The van der Waals surface area contributed by atoms with Crippen LogP contribution in [-0.4, -0.2) is 9.78 Å². The quantitative estimate of drug-likeness (QED) is 0.831. The van der Waals surface area contributed by atoms with Crippen molar-refractivity contribution in [1.82, 2.24) is 9.78 Å². The molecule has 78 valence electrons. The first-order chi connectivity index (χ1) is 7.16. The van der Waals surface area contributed by atoms with E-state index in [1.54, 1.807) is 17.8 Å². The minimum atomic E-state index is -0.0537. The van der Waals surface area contributed by atoms with E-state index in [0.29, 0.717) is 17.1 Å². The van der Waals surface area contributed by atoms with Crippen LogP contribution in [0.15, 0.2) is 35.3 Å². The van der Waals surface area contributed by atoms with Crippen LogP contribution in [-0.2, 0) is 6.54 Å². The average molecular weight is 223 g/mol. The fourth-order valence-electron chi connectivity index (χ4n) is 1.44. The number of aromatic amines is 1. The number of aromatic nitrogens is 2. The largest absolute Gasteiger partial charge is 0.288 e. The first-order valence-corrected chi connectivity index (χ1v) is 5.04. The van der Waals surface area contributed by atoms with Crippen LogP contribution in [0.1, 0.15) is 11.1 Å². The number of halogens is 1. The van der Waals surface area contributed by atoms with E-state index in [4.69, 9.17) is 11.6 Å². The fraction of sp³-hybridized carbons (Fsp3) is 0.182. The molecular weight excluding hydrogens is 212 g/mol. The predicted octanol–water partition coefficient (Wildman–Crippen LogP) is 2.19. The number of benzene rings is 1. The van der Waals surface area contributed by atoms with E-state index in [0.717, 1.165) is 5.56 Å². The molecule has 0 spiro atoms. The fourth-order valence-corrected chi connectivity index (χ4v) is 1.63. The maximum absolute atomic E-state index is 11.2. The Hall–Kier alpha value is -1.48. The second-order valence-corrected chi connectivity index (χ2v) is 3.88. The van der Waals surface area contributed by atoms with Crippen LogP contribution in [0, 0.1) is 6.92 Å². The lowest BCUT2D eigenvalue weighted by Crippen LogP contribution is -2.07. The third-order valence-corrected chi connectivity index (χ3v) is 2.62. The van der Waals surface area contributed by atoms with Gasteiger partial charge in [-0.1, -0.05) is 29.8 Å². The second-order valence-electron chi connectivity index (χ2n) is 3.47. The number of rotatable bonds is 2. The molecular formula is C11H11ClN2O. The van der Waals surface area contributed by atoms with Crippen LogP contribution in [0.25, 0.3) is 0 Å². The number of H-pyrrole nitrogens is 1. The highest BCUT2D eigenvalue weighted by Gasteiger charge is 2.02. The van der Waals surface area contributed by atoms with Gasteiger partial charge in [0.1, 0.15) is 0 Å². The van der Waals surface area contributed by atoms with Gasteiger partial charge in [0.2, 0.25) is 0 Å². The molecule has 0 aliphatic rings. The molecule has 0 amide bonds. The van der Waals surface area contributed by atoms with Gasteiger partial charge in [0, 0.05) is 16.8 Å². The number of nitrogens with zero attached hydrogens (tertiary/aromatic N) is 1. The summed E-state index contributed by atoms with van der Waals surface area (Å²) in [6.07, 6.45) is 1.78. The number of hydrogen-bond donors (Lipinski definition) is 1. The zero-order chi connectivity index (χ0) is 10.8. The molecule has 0 bridgehead atoms. The van der Waals surface area contributed by atoms with Crippen molar-refractivity contribution in [1.29, 1.82) is 0 Å². The zero-order valence-electron chi connectivity index (χ0n) is 8.33. The topological polar surface area (TPSA) is 37.8 Å². The lowest BCUT2D eigenvalue weighted by atomic mass is 10.2. The summed E-state index contributed by atoms with van der Waals surface area (Å²) in [5.41, 5.74) is 1.65. The van der Waals surface area contributed by atoms with Gasteiger partial charge in [-0.25, -0.2) is 0 Å². The van der Waals surface area contributed by atoms with E-state index >= 15 is 0 Å². The van der Waals surface area contributed by atoms with E-state index < -0.39 is 0 Å². The molecule has 1 heterocycles. The van der Waals surface area contributed by atoms with Gasteiger partial charge in [0.05, 0.1) is 6.54 Å². The highest BCUT2D eigenvalue weighted by Crippen LogP contribution is 2.15. The van der Waals surface area contributed by atoms with Crippen LogP contribution in [0.2, 0.25) is 5.02 Å². The van der Waals surface area contributed by atoms with E-state index in [2.05, 4.69) is 5.10 Å². The Labute approximate surface area is 92.3 Å². The zero-order valence-corrected chi connectivity index (χ0v) is 9.08. The minimum Gasteiger partial charge on any atom is -0.288 e. The summed E-state index contributed by atoms with van der Waals surface area (Å²) in [5.74, 6) is 0. The van der Waals surface area contributed by atoms with Gasteiger partial charge in [-0.2, -0.15) is 0 Å². The normalized spacial score (nSPS) is 10.5. The Morgan fingerprint density at radius 2 is 2.13 bits per heavy atom. The van der Waals surface area contributed by atoms with Crippen molar-refractivity contribution in [2.45, 2.75) is 13.5 Å². The van der Waals surface area contributed by atoms with Gasteiger partial charge in [-0.3, -0.25) is 14.6 Å². The summed E-state index contributed by atoms with van der Waals surface area (Å²) in [6.45, 7) is 2.37. The molecule has 0 aliphatic heterocycles. The molecule has 2 aromatic rings. The molecule has 0 unspecified atom stereocenters. The molecule has 0 fully saturated rings. The summed E-state index contributed by atoms with van der Waals surface area (Å²) >= 11 is 6.02. The number of nitrogens with one attached hydrogen (secondary N) is 1. The molecule has 0 atom stereocenters. The predicted molar refractivity (Wildman–Crippen MR) is 60.3 cm³/mol. The highest BCUT2D eigenvalue weighted by atomic mass is 35.5. The Kier molecular flexibility index (Phi) is 2.64. The number of aryl methyl sites for hydroxylation is 1. The van der Waals surface area contributed by atoms with Crippen LogP contribution in [0.3, 0.4) is 0 Å². The lowest BCUT2D eigenvalue weighted by molar-refractivity contribution is 0.679. The van der Waals surface area contributed by atoms with E-state index in [1.807, 2.05) is 24.3 Å². The number of hydrogen-bond acceptors (Lipinski definition) is 1. The van der Waals surface area contributed by atoms with Crippen LogP contribution >= 0.6 is 11.6 Å². The van der Waals surface area contributed by atoms with Crippen molar-refractivity contribution < 1.29 is 0 Å². The molecule has 0 saturated carbocycles.